The van der Waals surface area contributed by atoms with Gasteiger partial charge in [0.25, 0.3) is 5.91 Å². The van der Waals surface area contributed by atoms with E-state index in [4.69, 9.17) is 4.42 Å². The molecule has 0 fully saturated rings. The highest BCUT2D eigenvalue weighted by Gasteiger charge is 2.22. The molecule has 1 aromatic heterocycles. The van der Waals surface area contributed by atoms with E-state index in [0.29, 0.717) is 23.9 Å². The van der Waals surface area contributed by atoms with Gasteiger partial charge in [-0.3, -0.25) is 9.59 Å². The number of hydrogen-bond acceptors (Lipinski definition) is 6. The number of carbonyl (C=O) groups excluding carboxylic acids is 2. The summed E-state index contributed by atoms with van der Waals surface area (Å²) in [4.78, 5) is 22.9. The second kappa shape index (κ2) is 5.81. The molecule has 2 heterocycles. The standard InChI is InChI=1S/C12H17N5O3/c1-6(2)11-16-17-12(20-11)7(3)13-10(19)8-4-5-9(18)15-14-8/h6-7H,4-5H2,1-3H3,(H,13,19)(H,15,18). The Morgan fingerprint density at radius 3 is 2.50 bits per heavy atom. The van der Waals surface area contributed by atoms with E-state index in [1.54, 1.807) is 6.92 Å². The van der Waals surface area contributed by atoms with Crippen LogP contribution in [0.25, 0.3) is 0 Å². The van der Waals surface area contributed by atoms with E-state index in [2.05, 4.69) is 26.0 Å². The number of aromatic nitrogens is 2. The molecule has 0 spiro atoms. The van der Waals surface area contributed by atoms with Crippen molar-refractivity contribution in [1.82, 2.24) is 20.9 Å². The quantitative estimate of drug-likeness (QED) is 0.840. The average molecular weight is 279 g/mol. The second-order valence-electron chi connectivity index (χ2n) is 4.92. The molecule has 1 aliphatic heterocycles. The van der Waals surface area contributed by atoms with Crippen molar-refractivity contribution in [1.29, 1.82) is 0 Å². The molecule has 2 rings (SSSR count). The first-order valence-corrected chi connectivity index (χ1v) is 6.47. The molecule has 2 amide bonds. The number of amides is 2. The summed E-state index contributed by atoms with van der Waals surface area (Å²) < 4.78 is 5.47. The van der Waals surface area contributed by atoms with Crippen LogP contribution in [-0.2, 0) is 9.59 Å². The highest BCUT2D eigenvalue weighted by Crippen LogP contribution is 2.16. The Labute approximate surface area is 116 Å². The summed E-state index contributed by atoms with van der Waals surface area (Å²) in [5, 5.41) is 14.3. The fourth-order valence-electron chi connectivity index (χ4n) is 1.63. The van der Waals surface area contributed by atoms with Gasteiger partial charge in [-0.15, -0.1) is 10.2 Å². The molecular weight excluding hydrogens is 262 g/mol. The normalized spacial score (nSPS) is 16.6. The van der Waals surface area contributed by atoms with Gasteiger partial charge in [-0.05, 0) is 6.92 Å². The molecule has 1 unspecified atom stereocenters. The maximum absolute atomic E-state index is 11.9. The summed E-state index contributed by atoms with van der Waals surface area (Å²) in [6, 6.07) is -0.414. The maximum atomic E-state index is 11.9. The molecule has 1 atom stereocenters. The number of nitrogens with zero attached hydrogens (tertiary/aromatic N) is 3. The van der Waals surface area contributed by atoms with E-state index in [1.165, 1.54) is 0 Å². The first-order chi connectivity index (χ1) is 9.47. The molecule has 0 aliphatic carbocycles. The van der Waals surface area contributed by atoms with Crippen LogP contribution in [0, 0.1) is 0 Å². The maximum Gasteiger partial charge on any atom is 0.268 e. The average Bonchev–Trinajstić information content (AvgIpc) is 2.89. The van der Waals surface area contributed by atoms with Gasteiger partial charge < -0.3 is 9.73 Å². The molecule has 1 aliphatic rings. The van der Waals surface area contributed by atoms with Gasteiger partial charge in [0.05, 0.1) is 0 Å². The van der Waals surface area contributed by atoms with Gasteiger partial charge in [-0.1, -0.05) is 13.8 Å². The molecule has 8 heteroatoms. The minimum atomic E-state index is -0.414. The van der Waals surface area contributed by atoms with Crippen LogP contribution in [0.4, 0.5) is 0 Å². The third-order valence-electron chi connectivity index (χ3n) is 2.83. The smallest absolute Gasteiger partial charge is 0.268 e. The van der Waals surface area contributed by atoms with E-state index in [9.17, 15) is 9.59 Å². The van der Waals surface area contributed by atoms with Crippen LogP contribution >= 0.6 is 0 Å². The van der Waals surface area contributed by atoms with Crippen molar-refractivity contribution in [2.75, 3.05) is 0 Å². The summed E-state index contributed by atoms with van der Waals surface area (Å²) in [6.45, 7) is 5.64. The lowest BCUT2D eigenvalue weighted by molar-refractivity contribution is -0.121. The number of carbonyl (C=O) groups is 2. The van der Waals surface area contributed by atoms with Crippen molar-refractivity contribution < 1.29 is 14.0 Å². The van der Waals surface area contributed by atoms with Crippen molar-refractivity contribution in [3.05, 3.63) is 11.8 Å². The Balaban J connectivity index is 1.98. The highest BCUT2D eigenvalue weighted by molar-refractivity contribution is 6.39. The van der Waals surface area contributed by atoms with E-state index < -0.39 is 6.04 Å². The highest BCUT2D eigenvalue weighted by atomic mass is 16.4. The molecule has 8 nitrogen and oxygen atoms in total. The number of hydrogen-bond donors (Lipinski definition) is 2. The fraction of sp³-hybridized carbons (Fsp3) is 0.583. The topological polar surface area (TPSA) is 109 Å². The van der Waals surface area contributed by atoms with Crippen LogP contribution in [0.3, 0.4) is 0 Å². The SMILES string of the molecule is CC(C)c1nnc(C(C)NC(=O)C2=NNC(=O)CC2)o1. The number of rotatable bonds is 4. The molecule has 20 heavy (non-hydrogen) atoms. The van der Waals surface area contributed by atoms with Gasteiger partial charge in [0.2, 0.25) is 17.7 Å². The van der Waals surface area contributed by atoms with E-state index in [0.717, 1.165) is 0 Å². The van der Waals surface area contributed by atoms with Crippen LogP contribution in [-0.4, -0.2) is 27.7 Å². The van der Waals surface area contributed by atoms with Crippen molar-refractivity contribution in [2.24, 2.45) is 5.10 Å². The third kappa shape index (κ3) is 3.19. The van der Waals surface area contributed by atoms with Crippen molar-refractivity contribution in [3.63, 3.8) is 0 Å². The largest absolute Gasteiger partial charge is 0.423 e. The van der Waals surface area contributed by atoms with Gasteiger partial charge in [-0.25, -0.2) is 5.43 Å². The first kappa shape index (κ1) is 14.2. The molecule has 0 saturated heterocycles. The van der Waals surface area contributed by atoms with Gasteiger partial charge >= 0.3 is 0 Å². The fourth-order valence-corrected chi connectivity index (χ4v) is 1.63. The van der Waals surface area contributed by atoms with Crippen LogP contribution in [0.1, 0.15) is 57.4 Å². The van der Waals surface area contributed by atoms with E-state index >= 15 is 0 Å². The van der Waals surface area contributed by atoms with Gasteiger partial charge in [0.1, 0.15) is 11.8 Å². The number of hydrazone groups is 1. The predicted octanol–water partition coefficient (Wildman–Crippen LogP) is 0.636. The van der Waals surface area contributed by atoms with Crippen LogP contribution in [0.2, 0.25) is 0 Å². The Morgan fingerprint density at radius 2 is 1.95 bits per heavy atom. The minimum Gasteiger partial charge on any atom is -0.423 e. The predicted molar refractivity (Wildman–Crippen MR) is 69.8 cm³/mol. The Bertz CT molecular complexity index is 549. The lowest BCUT2D eigenvalue weighted by atomic mass is 10.1. The minimum absolute atomic E-state index is 0.136. The molecule has 2 N–H and O–H groups in total. The Hall–Kier alpha value is -2.25. The lowest BCUT2D eigenvalue weighted by Crippen LogP contribution is -2.38. The molecule has 0 aromatic carbocycles. The Kier molecular flexibility index (Phi) is 4.11. The van der Waals surface area contributed by atoms with Gasteiger partial charge in [0, 0.05) is 18.8 Å². The Morgan fingerprint density at radius 1 is 1.25 bits per heavy atom. The molecular formula is C12H17N5O3. The molecule has 108 valence electrons. The van der Waals surface area contributed by atoms with E-state index in [1.807, 2.05) is 13.8 Å². The van der Waals surface area contributed by atoms with Gasteiger partial charge in [-0.2, -0.15) is 5.10 Å². The zero-order chi connectivity index (χ0) is 14.7. The summed E-state index contributed by atoms with van der Waals surface area (Å²) >= 11 is 0. The van der Waals surface area contributed by atoms with Crippen LogP contribution in [0.5, 0.6) is 0 Å². The number of nitrogens with one attached hydrogen (secondary N) is 2. The van der Waals surface area contributed by atoms with Crippen molar-refractivity contribution in [2.45, 2.75) is 45.6 Å². The van der Waals surface area contributed by atoms with Crippen LogP contribution < -0.4 is 10.7 Å². The molecule has 0 bridgehead atoms. The zero-order valence-electron chi connectivity index (χ0n) is 11.6. The van der Waals surface area contributed by atoms with Crippen LogP contribution in [0.15, 0.2) is 9.52 Å². The summed E-state index contributed by atoms with van der Waals surface area (Å²) in [5.41, 5.74) is 2.57. The zero-order valence-corrected chi connectivity index (χ0v) is 11.6. The van der Waals surface area contributed by atoms with Crippen molar-refractivity contribution in [3.8, 4) is 0 Å². The summed E-state index contributed by atoms with van der Waals surface area (Å²) in [7, 11) is 0. The monoisotopic (exact) mass is 279 g/mol. The first-order valence-electron chi connectivity index (χ1n) is 6.47. The van der Waals surface area contributed by atoms with E-state index in [-0.39, 0.29) is 24.2 Å². The lowest BCUT2D eigenvalue weighted by Gasteiger charge is -2.14. The van der Waals surface area contributed by atoms with Gasteiger partial charge in [0.15, 0.2) is 0 Å². The molecule has 0 saturated carbocycles. The summed E-state index contributed by atoms with van der Waals surface area (Å²) in [6.07, 6.45) is 0.587. The third-order valence-corrected chi connectivity index (χ3v) is 2.83. The summed E-state index contributed by atoms with van der Waals surface area (Å²) in [5.74, 6) is 0.484. The second-order valence-corrected chi connectivity index (χ2v) is 4.92. The van der Waals surface area contributed by atoms with Crippen molar-refractivity contribution >= 4 is 17.5 Å². The molecule has 1 aromatic rings. The molecule has 0 radical (unpaired) electrons.